The lowest BCUT2D eigenvalue weighted by atomic mass is 10.2. The highest BCUT2D eigenvalue weighted by Crippen LogP contribution is 2.35. The first kappa shape index (κ1) is 11.1. The lowest BCUT2D eigenvalue weighted by Gasteiger charge is -2.30. The molecule has 1 aromatic carbocycles. The van der Waals surface area contributed by atoms with Gasteiger partial charge >= 0.3 is 0 Å². The smallest absolute Gasteiger partial charge is 0.0746 e. The largest absolute Gasteiger partial charge is 0.378 e. The van der Waals surface area contributed by atoms with E-state index in [-0.39, 0.29) is 0 Å². The van der Waals surface area contributed by atoms with Crippen LogP contribution in [-0.2, 0) is 4.74 Å². The summed E-state index contributed by atoms with van der Waals surface area (Å²) in [5, 5.41) is 1.45. The number of rotatable bonds is 1. The minimum Gasteiger partial charge on any atom is -0.378 e. The second kappa shape index (κ2) is 4.60. The van der Waals surface area contributed by atoms with Crippen molar-refractivity contribution >= 4 is 28.9 Å². The van der Waals surface area contributed by atoms with Crippen molar-refractivity contribution in [2.45, 2.75) is 6.92 Å². The first-order chi connectivity index (χ1) is 7.18. The highest BCUT2D eigenvalue weighted by atomic mass is 35.5. The Bertz CT molecular complexity index is 339. The molecule has 1 aromatic rings. The number of anilines is 1. The van der Waals surface area contributed by atoms with Gasteiger partial charge in [-0.15, -0.1) is 0 Å². The zero-order valence-corrected chi connectivity index (χ0v) is 10.1. The fourth-order valence-electron chi connectivity index (χ4n) is 1.78. The average molecular weight is 246 g/mol. The van der Waals surface area contributed by atoms with Gasteiger partial charge in [-0.3, -0.25) is 0 Å². The van der Waals surface area contributed by atoms with Crippen molar-refractivity contribution < 1.29 is 4.74 Å². The van der Waals surface area contributed by atoms with Gasteiger partial charge in [0, 0.05) is 13.1 Å². The van der Waals surface area contributed by atoms with Gasteiger partial charge in [-0.05, 0) is 24.6 Å². The van der Waals surface area contributed by atoms with Crippen LogP contribution in [0.1, 0.15) is 5.56 Å². The van der Waals surface area contributed by atoms with Crippen molar-refractivity contribution in [3.8, 4) is 0 Å². The maximum atomic E-state index is 6.20. The number of aryl methyl sites for hydroxylation is 1. The van der Waals surface area contributed by atoms with E-state index >= 15 is 0 Å². The molecule has 0 aliphatic carbocycles. The van der Waals surface area contributed by atoms with E-state index in [4.69, 9.17) is 27.9 Å². The van der Waals surface area contributed by atoms with E-state index in [1.54, 1.807) is 0 Å². The van der Waals surface area contributed by atoms with Crippen LogP contribution in [0.25, 0.3) is 0 Å². The second-order valence-electron chi connectivity index (χ2n) is 3.68. The molecule has 2 nitrogen and oxygen atoms in total. The van der Waals surface area contributed by atoms with E-state index in [9.17, 15) is 0 Å². The molecular formula is C11H13Cl2NO. The normalized spacial score (nSPS) is 16.9. The van der Waals surface area contributed by atoms with E-state index < -0.39 is 0 Å². The fraction of sp³-hybridized carbons (Fsp3) is 0.455. The zero-order chi connectivity index (χ0) is 10.8. The Morgan fingerprint density at radius 3 is 2.20 bits per heavy atom. The molecule has 1 heterocycles. The van der Waals surface area contributed by atoms with E-state index in [1.165, 1.54) is 0 Å². The Hall–Kier alpha value is -0.440. The highest BCUT2D eigenvalue weighted by molar-refractivity contribution is 6.39. The summed E-state index contributed by atoms with van der Waals surface area (Å²) in [4.78, 5) is 2.17. The van der Waals surface area contributed by atoms with Crippen LogP contribution in [-0.4, -0.2) is 26.3 Å². The predicted octanol–water partition coefficient (Wildman–Crippen LogP) is 3.14. The predicted molar refractivity (Wildman–Crippen MR) is 64.2 cm³/mol. The third-order valence-electron chi connectivity index (χ3n) is 2.49. The Morgan fingerprint density at radius 2 is 1.67 bits per heavy atom. The first-order valence-corrected chi connectivity index (χ1v) is 5.72. The van der Waals surface area contributed by atoms with Gasteiger partial charge in [-0.25, -0.2) is 0 Å². The number of nitrogens with zero attached hydrogens (tertiary/aromatic N) is 1. The van der Waals surface area contributed by atoms with Gasteiger partial charge < -0.3 is 9.64 Å². The number of ether oxygens (including phenoxy) is 1. The monoisotopic (exact) mass is 245 g/mol. The van der Waals surface area contributed by atoms with Gasteiger partial charge in [-0.1, -0.05) is 23.2 Å². The molecule has 0 N–H and O–H groups in total. The van der Waals surface area contributed by atoms with Crippen molar-refractivity contribution in [2.24, 2.45) is 0 Å². The molecular weight excluding hydrogens is 233 g/mol. The van der Waals surface area contributed by atoms with Crippen LogP contribution in [0, 0.1) is 6.92 Å². The van der Waals surface area contributed by atoms with E-state index in [1.807, 2.05) is 19.1 Å². The minimum atomic E-state index is 0.724. The molecule has 4 heteroatoms. The van der Waals surface area contributed by atoms with Crippen molar-refractivity contribution in [3.05, 3.63) is 27.7 Å². The molecule has 0 atom stereocenters. The molecule has 0 bridgehead atoms. The second-order valence-corrected chi connectivity index (χ2v) is 4.49. The van der Waals surface area contributed by atoms with Crippen LogP contribution >= 0.6 is 23.2 Å². The van der Waals surface area contributed by atoms with Crippen LogP contribution in [0.15, 0.2) is 12.1 Å². The minimum absolute atomic E-state index is 0.724. The van der Waals surface area contributed by atoms with Crippen LogP contribution in [0.2, 0.25) is 10.0 Å². The summed E-state index contributed by atoms with van der Waals surface area (Å²) in [6.45, 7) is 5.16. The molecule has 0 radical (unpaired) electrons. The van der Waals surface area contributed by atoms with Gasteiger partial charge in [0.2, 0.25) is 0 Å². The first-order valence-electron chi connectivity index (χ1n) is 4.97. The molecule has 15 heavy (non-hydrogen) atoms. The summed E-state index contributed by atoms with van der Waals surface area (Å²) < 4.78 is 5.30. The Morgan fingerprint density at radius 1 is 1.13 bits per heavy atom. The SMILES string of the molecule is Cc1cc(Cl)c(N2CCOCC2)c(Cl)c1. The average Bonchev–Trinajstić information content (AvgIpc) is 2.17. The van der Waals surface area contributed by atoms with Crippen LogP contribution < -0.4 is 4.90 Å². The Labute approximate surface area is 99.7 Å². The van der Waals surface area contributed by atoms with E-state index in [0.717, 1.165) is 47.6 Å². The molecule has 0 unspecified atom stereocenters. The van der Waals surface area contributed by atoms with Crippen LogP contribution in [0.4, 0.5) is 5.69 Å². The molecule has 0 aromatic heterocycles. The number of hydrogen-bond donors (Lipinski definition) is 0. The molecule has 0 amide bonds. The molecule has 1 fully saturated rings. The van der Waals surface area contributed by atoms with Gasteiger partial charge in [-0.2, -0.15) is 0 Å². The van der Waals surface area contributed by atoms with Crippen LogP contribution in [0.5, 0.6) is 0 Å². The topological polar surface area (TPSA) is 12.5 Å². The molecule has 0 saturated carbocycles. The third-order valence-corrected chi connectivity index (χ3v) is 3.06. The van der Waals surface area contributed by atoms with Crippen molar-refractivity contribution in [3.63, 3.8) is 0 Å². The number of hydrogen-bond acceptors (Lipinski definition) is 2. The Kier molecular flexibility index (Phi) is 3.39. The van der Waals surface area contributed by atoms with Crippen LogP contribution in [0.3, 0.4) is 0 Å². The summed E-state index contributed by atoms with van der Waals surface area (Å²) in [5.74, 6) is 0. The number of benzene rings is 1. The Balaban J connectivity index is 2.33. The maximum Gasteiger partial charge on any atom is 0.0746 e. The molecule has 0 spiro atoms. The summed E-state index contributed by atoms with van der Waals surface area (Å²) in [7, 11) is 0. The quantitative estimate of drug-likeness (QED) is 0.754. The van der Waals surface area contributed by atoms with Gasteiger partial charge in [0.25, 0.3) is 0 Å². The maximum absolute atomic E-state index is 6.20. The van der Waals surface area contributed by atoms with Crippen molar-refractivity contribution in [2.75, 3.05) is 31.2 Å². The lowest BCUT2D eigenvalue weighted by Crippen LogP contribution is -2.36. The van der Waals surface area contributed by atoms with E-state index in [2.05, 4.69) is 4.90 Å². The van der Waals surface area contributed by atoms with Gasteiger partial charge in [0.05, 0.1) is 28.9 Å². The summed E-state index contributed by atoms with van der Waals surface area (Å²) in [5.41, 5.74) is 2.02. The molecule has 2 rings (SSSR count). The summed E-state index contributed by atoms with van der Waals surface area (Å²) in [6.07, 6.45) is 0. The molecule has 1 aliphatic heterocycles. The fourth-order valence-corrected chi connectivity index (χ4v) is 2.62. The zero-order valence-electron chi connectivity index (χ0n) is 8.59. The van der Waals surface area contributed by atoms with Crippen molar-refractivity contribution in [1.29, 1.82) is 0 Å². The van der Waals surface area contributed by atoms with Crippen molar-refractivity contribution in [1.82, 2.24) is 0 Å². The lowest BCUT2D eigenvalue weighted by molar-refractivity contribution is 0.122. The highest BCUT2D eigenvalue weighted by Gasteiger charge is 2.17. The number of halogens is 2. The van der Waals surface area contributed by atoms with E-state index in [0.29, 0.717) is 0 Å². The summed E-state index contributed by atoms with van der Waals surface area (Å²) >= 11 is 12.4. The summed E-state index contributed by atoms with van der Waals surface area (Å²) in [6, 6.07) is 3.89. The number of morpholine rings is 1. The van der Waals surface area contributed by atoms with Gasteiger partial charge in [0.1, 0.15) is 0 Å². The molecule has 82 valence electrons. The third kappa shape index (κ3) is 2.39. The molecule has 1 aliphatic rings. The van der Waals surface area contributed by atoms with Gasteiger partial charge in [0.15, 0.2) is 0 Å². The molecule has 1 saturated heterocycles. The standard InChI is InChI=1S/C11H13Cl2NO/c1-8-6-9(12)11(10(13)7-8)14-2-4-15-5-3-14/h6-7H,2-5H2,1H3.